The number of alkyl halides is 3. The molecule has 28 heavy (non-hydrogen) atoms. The van der Waals surface area contributed by atoms with E-state index in [-0.39, 0.29) is 12.4 Å². The van der Waals surface area contributed by atoms with Crippen molar-refractivity contribution in [3.63, 3.8) is 0 Å². The number of nitrogens with one attached hydrogen (secondary N) is 1. The van der Waals surface area contributed by atoms with Gasteiger partial charge in [-0.05, 0) is 36.8 Å². The highest BCUT2D eigenvalue weighted by atomic mass is 32.1. The van der Waals surface area contributed by atoms with Gasteiger partial charge in [0.1, 0.15) is 5.75 Å². The summed E-state index contributed by atoms with van der Waals surface area (Å²) in [6, 6.07) is 7.63. The quantitative estimate of drug-likeness (QED) is 0.431. The van der Waals surface area contributed by atoms with E-state index in [4.69, 9.17) is 4.74 Å². The summed E-state index contributed by atoms with van der Waals surface area (Å²) in [6.45, 7) is 2.30. The lowest BCUT2D eigenvalue weighted by molar-refractivity contribution is -0.138. The number of thiazole rings is 1. The topological polar surface area (TPSA) is 47.0 Å². The maximum Gasteiger partial charge on any atom is 0.420 e. The molecule has 1 aromatic carbocycles. The van der Waals surface area contributed by atoms with Crippen LogP contribution in [0.1, 0.15) is 31.7 Å². The molecule has 0 unspecified atom stereocenters. The number of hydrogen-bond donors (Lipinski definition) is 1. The summed E-state index contributed by atoms with van der Waals surface area (Å²) in [5.74, 6) is -0.147. The molecule has 0 bridgehead atoms. The summed E-state index contributed by atoms with van der Waals surface area (Å²) in [5, 5.41) is 5.30. The number of anilines is 2. The van der Waals surface area contributed by atoms with Gasteiger partial charge in [-0.2, -0.15) is 13.2 Å². The van der Waals surface area contributed by atoms with E-state index < -0.39 is 11.7 Å². The first-order chi connectivity index (χ1) is 13.5. The Morgan fingerprint density at radius 2 is 1.89 bits per heavy atom. The van der Waals surface area contributed by atoms with E-state index >= 15 is 0 Å². The fraction of sp³-hybridized carbons (Fsp3) is 0.300. The van der Waals surface area contributed by atoms with Crippen LogP contribution in [0.4, 0.5) is 24.0 Å². The van der Waals surface area contributed by atoms with E-state index in [1.54, 1.807) is 18.5 Å². The minimum absolute atomic E-state index is 0.147. The van der Waals surface area contributed by atoms with Crippen LogP contribution in [0.25, 0.3) is 11.3 Å². The lowest BCUT2D eigenvalue weighted by Crippen LogP contribution is -2.10. The van der Waals surface area contributed by atoms with Crippen LogP contribution in [0.5, 0.6) is 5.75 Å². The third-order valence-electron chi connectivity index (χ3n) is 4.02. The predicted octanol–water partition coefficient (Wildman–Crippen LogP) is 6.54. The monoisotopic (exact) mass is 407 g/mol. The smallest absolute Gasteiger partial charge is 0.420 e. The summed E-state index contributed by atoms with van der Waals surface area (Å²) in [5.41, 5.74) is 1.15. The van der Waals surface area contributed by atoms with Gasteiger partial charge in [-0.3, -0.25) is 4.98 Å². The SMILES string of the molecule is CCCCCOc1ccc(Nc2nc(-c3ccncc3)cs2)cc1C(F)(F)F. The Balaban J connectivity index is 1.76. The molecule has 0 saturated heterocycles. The fourth-order valence-corrected chi connectivity index (χ4v) is 3.34. The highest BCUT2D eigenvalue weighted by molar-refractivity contribution is 7.14. The second kappa shape index (κ2) is 9.05. The molecular formula is C20H20F3N3OS. The standard InChI is InChI=1S/C20H20F3N3OS/c1-2-3-4-11-27-18-6-5-15(12-16(18)20(21,22)23)25-19-26-17(13-28-19)14-7-9-24-10-8-14/h5-10,12-13H,2-4,11H2,1H3,(H,25,26). The second-order valence-electron chi connectivity index (χ2n) is 6.16. The Labute approximate surface area is 165 Å². The minimum atomic E-state index is -4.50. The van der Waals surface area contributed by atoms with Crippen molar-refractivity contribution in [2.24, 2.45) is 0 Å². The van der Waals surface area contributed by atoms with E-state index in [0.717, 1.165) is 36.6 Å². The largest absolute Gasteiger partial charge is 0.493 e. The van der Waals surface area contributed by atoms with Crippen molar-refractivity contribution in [3.8, 4) is 17.0 Å². The zero-order valence-electron chi connectivity index (χ0n) is 15.3. The maximum atomic E-state index is 13.4. The summed E-state index contributed by atoms with van der Waals surface area (Å²) in [4.78, 5) is 8.39. The number of hydrogen-bond acceptors (Lipinski definition) is 5. The number of ether oxygens (including phenoxy) is 1. The first-order valence-corrected chi connectivity index (χ1v) is 9.82. The van der Waals surface area contributed by atoms with Crippen molar-refractivity contribution in [2.75, 3.05) is 11.9 Å². The first kappa shape index (κ1) is 20.1. The van der Waals surface area contributed by atoms with Crippen LogP contribution < -0.4 is 10.1 Å². The van der Waals surface area contributed by atoms with Crippen LogP contribution in [0.2, 0.25) is 0 Å². The molecule has 0 aliphatic heterocycles. The molecule has 1 N–H and O–H groups in total. The van der Waals surface area contributed by atoms with Gasteiger partial charge in [0.05, 0.1) is 17.9 Å². The molecule has 0 atom stereocenters. The van der Waals surface area contributed by atoms with Crippen molar-refractivity contribution in [1.82, 2.24) is 9.97 Å². The first-order valence-electron chi connectivity index (χ1n) is 8.94. The predicted molar refractivity (Wildman–Crippen MR) is 105 cm³/mol. The van der Waals surface area contributed by atoms with Crippen LogP contribution in [0, 0.1) is 0 Å². The number of aromatic nitrogens is 2. The van der Waals surface area contributed by atoms with Gasteiger partial charge < -0.3 is 10.1 Å². The molecule has 0 aliphatic rings. The molecule has 2 heterocycles. The van der Waals surface area contributed by atoms with Crippen LogP contribution in [-0.4, -0.2) is 16.6 Å². The van der Waals surface area contributed by atoms with E-state index in [1.807, 2.05) is 24.4 Å². The van der Waals surface area contributed by atoms with E-state index in [0.29, 0.717) is 10.8 Å². The number of halogens is 3. The Morgan fingerprint density at radius 1 is 1.11 bits per heavy atom. The van der Waals surface area contributed by atoms with Gasteiger partial charge in [-0.1, -0.05) is 19.8 Å². The molecule has 0 aliphatic carbocycles. The van der Waals surface area contributed by atoms with Gasteiger partial charge in [0.25, 0.3) is 0 Å². The van der Waals surface area contributed by atoms with Crippen LogP contribution in [-0.2, 0) is 6.18 Å². The lowest BCUT2D eigenvalue weighted by Gasteiger charge is -2.15. The molecule has 4 nitrogen and oxygen atoms in total. The van der Waals surface area contributed by atoms with Crippen molar-refractivity contribution < 1.29 is 17.9 Å². The molecule has 3 rings (SSSR count). The lowest BCUT2D eigenvalue weighted by atomic mass is 10.1. The Morgan fingerprint density at radius 3 is 2.61 bits per heavy atom. The number of rotatable bonds is 8. The highest BCUT2D eigenvalue weighted by Gasteiger charge is 2.34. The Kier molecular flexibility index (Phi) is 6.51. The summed E-state index contributed by atoms with van der Waals surface area (Å²) >= 11 is 1.32. The van der Waals surface area contributed by atoms with Gasteiger partial charge in [-0.15, -0.1) is 11.3 Å². The zero-order valence-corrected chi connectivity index (χ0v) is 16.1. The minimum Gasteiger partial charge on any atom is -0.493 e. The molecule has 2 aromatic heterocycles. The Bertz CT molecular complexity index is 897. The highest BCUT2D eigenvalue weighted by Crippen LogP contribution is 2.39. The molecule has 0 amide bonds. The third-order valence-corrected chi connectivity index (χ3v) is 4.78. The number of benzene rings is 1. The average Bonchev–Trinajstić information content (AvgIpc) is 3.14. The zero-order chi connectivity index (χ0) is 20.0. The van der Waals surface area contributed by atoms with Gasteiger partial charge in [-0.25, -0.2) is 4.98 Å². The molecule has 148 valence electrons. The van der Waals surface area contributed by atoms with Gasteiger partial charge >= 0.3 is 6.18 Å². The third kappa shape index (κ3) is 5.22. The van der Waals surface area contributed by atoms with Gasteiger partial charge in [0, 0.05) is 29.0 Å². The second-order valence-corrected chi connectivity index (χ2v) is 7.02. The molecule has 8 heteroatoms. The summed E-state index contributed by atoms with van der Waals surface area (Å²) in [7, 11) is 0. The van der Waals surface area contributed by atoms with E-state index in [9.17, 15) is 13.2 Å². The van der Waals surface area contributed by atoms with Crippen molar-refractivity contribution >= 4 is 22.2 Å². The maximum absolute atomic E-state index is 13.4. The molecule has 0 fully saturated rings. The number of nitrogens with zero attached hydrogens (tertiary/aromatic N) is 2. The average molecular weight is 407 g/mol. The van der Waals surface area contributed by atoms with Crippen LogP contribution in [0.3, 0.4) is 0 Å². The van der Waals surface area contributed by atoms with Crippen LogP contribution in [0.15, 0.2) is 48.1 Å². The van der Waals surface area contributed by atoms with E-state index in [2.05, 4.69) is 15.3 Å². The molecule has 0 saturated carbocycles. The van der Waals surface area contributed by atoms with Crippen molar-refractivity contribution in [2.45, 2.75) is 32.4 Å². The van der Waals surface area contributed by atoms with Crippen molar-refractivity contribution in [3.05, 3.63) is 53.7 Å². The number of pyridine rings is 1. The molecule has 3 aromatic rings. The summed E-state index contributed by atoms with van der Waals surface area (Å²) in [6.07, 6.45) is 1.46. The summed E-state index contributed by atoms with van der Waals surface area (Å²) < 4.78 is 45.7. The van der Waals surface area contributed by atoms with E-state index in [1.165, 1.54) is 17.4 Å². The Hall–Kier alpha value is -2.61. The molecule has 0 radical (unpaired) electrons. The van der Waals surface area contributed by atoms with Crippen molar-refractivity contribution in [1.29, 1.82) is 0 Å². The van der Waals surface area contributed by atoms with Gasteiger partial charge in [0.2, 0.25) is 0 Å². The molecular weight excluding hydrogens is 387 g/mol. The molecule has 0 spiro atoms. The normalized spacial score (nSPS) is 11.4. The number of unbranched alkanes of at least 4 members (excludes halogenated alkanes) is 2. The van der Waals surface area contributed by atoms with Gasteiger partial charge in [0.15, 0.2) is 5.13 Å². The fourth-order valence-electron chi connectivity index (χ4n) is 2.60. The van der Waals surface area contributed by atoms with Crippen LogP contribution >= 0.6 is 11.3 Å².